The number of aromatic nitrogens is 3. The lowest BCUT2D eigenvalue weighted by Crippen LogP contribution is -2.32. The van der Waals surface area contributed by atoms with Crippen molar-refractivity contribution in [2.24, 2.45) is 7.05 Å². The fraction of sp³-hybridized carbons (Fsp3) is 0.292. The van der Waals surface area contributed by atoms with Crippen molar-refractivity contribution in [2.75, 3.05) is 29.9 Å². The van der Waals surface area contributed by atoms with Crippen molar-refractivity contribution in [2.45, 2.75) is 13.5 Å². The van der Waals surface area contributed by atoms with Gasteiger partial charge >= 0.3 is 0 Å². The first-order valence-electron chi connectivity index (χ1n) is 10.7. The Balaban J connectivity index is 1.51. The Labute approximate surface area is 190 Å². The summed E-state index contributed by atoms with van der Waals surface area (Å²) < 4.78 is 7.25. The zero-order valence-corrected chi connectivity index (χ0v) is 19.0. The molecule has 1 aliphatic rings. The van der Waals surface area contributed by atoms with Gasteiger partial charge in [-0.05, 0) is 36.8 Å². The smallest absolute Gasteiger partial charge is 0.256 e. The lowest BCUT2D eigenvalue weighted by atomic mass is 10.1. The standard InChI is InChI=1S/C24H25N5O2S/c1-16-22-18(14-20(21-8-5-11-31-21)25-23(22)28(2)27-16)24(30)26-19-7-4-3-6-17(19)15-29-9-12-32-13-10-29/h3-8,11,14H,9-10,12-13,15H2,1-2H3,(H,26,30). The number of benzene rings is 1. The Bertz CT molecular complexity index is 1260. The average Bonchev–Trinajstić information content (AvgIpc) is 3.44. The molecule has 1 amide bonds. The minimum absolute atomic E-state index is 0.178. The van der Waals surface area contributed by atoms with E-state index in [0.717, 1.165) is 53.5 Å². The topological polar surface area (TPSA) is 76.2 Å². The molecular formula is C24H25N5O2S. The Morgan fingerprint density at radius 3 is 2.78 bits per heavy atom. The molecule has 0 atom stereocenters. The third kappa shape index (κ3) is 4.03. The first kappa shape index (κ1) is 20.8. The van der Waals surface area contributed by atoms with Gasteiger partial charge in [0.25, 0.3) is 5.91 Å². The van der Waals surface area contributed by atoms with E-state index in [1.54, 1.807) is 17.0 Å². The van der Waals surface area contributed by atoms with Crippen molar-refractivity contribution < 1.29 is 9.21 Å². The number of aryl methyl sites for hydroxylation is 2. The minimum atomic E-state index is -0.178. The molecule has 0 radical (unpaired) electrons. The van der Waals surface area contributed by atoms with E-state index in [9.17, 15) is 4.79 Å². The number of nitrogens with zero attached hydrogens (tertiary/aromatic N) is 4. The van der Waals surface area contributed by atoms with Crippen LogP contribution < -0.4 is 5.32 Å². The number of hydrogen-bond donors (Lipinski definition) is 1. The second-order valence-corrected chi connectivity index (χ2v) is 9.16. The molecule has 1 saturated heterocycles. The highest BCUT2D eigenvalue weighted by molar-refractivity contribution is 7.99. The maximum Gasteiger partial charge on any atom is 0.256 e. The van der Waals surface area contributed by atoms with Crippen LogP contribution in [0.5, 0.6) is 0 Å². The summed E-state index contributed by atoms with van der Waals surface area (Å²) in [7, 11) is 1.84. The predicted molar refractivity (Wildman–Crippen MR) is 128 cm³/mol. The Morgan fingerprint density at radius 1 is 1.19 bits per heavy atom. The van der Waals surface area contributed by atoms with Crippen LogP contribution in [0.15, 0.2) is 53.1 Å². The molecule has 3 aromatic heterocycles. The van der Waals surface area contributed by atoms with Crippen molar-refractivity contribution in [3.05, 3.63) is 65.5 Å². The molecule has 1 aromatic carbocycles. The number of furan rings is 1. The van der Waals surface area contributed by atoms with Crippen LogP contribution in [0.25, 0.3) is 22.5 Å². The highest BCUT2D eigenvalue weighted by Crippen LogP contribution is 2.28. The van der Waals surface area contributed by atoms with E-state index in [1.165, 1.54) is 0 Å². The van der Waals surface area contributed by atoms with Crippen LogP contribution in [-0.2, 0) is 13.6 Å². The molecule has 5 rings (SSSR count). The second kappa shape index (κ2) is 8.80. The summed E-state index contributed by atoms with van der Waals surface area (Å²) in [6.45, 7) is 4.86. The van der Waals surface area contributed by atoms with Gasteiger partial charge < -0.3 is 9.73 Å². The molecule has 8 heteroatoms. The number of nitrogens with one attached hydrogen (secondary N) is 1. The summed E-state index contributed by atoms with van der Waals surface area (Å²) in [6.07, 6.45) is 1.60. The number of amides is 1. The number of anilines is 1. The minimum Gasteiger partial charge on any atom is -0.463 e. The molecule has 1 aliphatic heterocycles. The summed E-state index contributed by atoms with van der Waals surface area (Å²) >= 11 is 1.99. The van der Waals surface area contributed by atoms with Gasteiger partial charge in [-0.1, -0.05) is 18.2 Å². The Morgan fingerprint density at radius 2 is 2.00 bits per heavy atom. The van der Waals surface area contributed by atoms with Crippen LogP contribution >= 0.6 is 11.8 Å². The molecule has 32 heavy (non-hydrogen) atoms. The molecule has 4 aromatic rings. The molecule has 0 bridgehead atoms. The van der Waals surface area contributed by atoms with Gasteiger partial charge in [0, 0.05) is 43.9 Å². The highest BCUT2D eigenvalue weighted by atomic mass is 32.2. The lowest BCUT2D eigenvalue weighted by molar-refractivity contribution is 0.102. The quantitative estimate of drug-likeness (QED) is 0.491. The SMILES string of the molecule is Cc1nn(C)c2nc(-c3ccco3)cc(C(=O)Nc3ccccc3CN3CCSCC3)c12. The maximum atomic E-state index is 13.5. The van der Waals surface area contributed by atoms with E-state index < -0.39 is 0 Å². The summed E-state index contributed by atoms with van der Waals surface area (Å²) in [4.78, 5) is 20.7. The van der Waals surface area contributed by atoms with E-state index >= 15 is 0 Å². The summed E-state index contributed by atoms with van der Waals surface area (Å²) in [5.41, 5.74) is 4.52. The van der Waals surface area contributed by atoms with Crippen LogP contribution in [0.4, 0.5) is 5.69 Å². The van der Waals surface area contributed by atoms with E-state index in [1.807, 2.05) is 56.1 Å². The summed E-state index contributed by atoms with van der Waals surface area (Å²) in [6, 6.07) is 13.5. The van der Waals surface area contributed by atoms with Gasteiger partial charge in [0.05, 0.1) is 22.9 Å². The third-order valence-corrected chi connectivity index (χ3v) is 6.69. The van der Waals surface area contributed by atoms with Crippen LogP contribution in [0, 0.1) is 6.92 Å². The molecule has 7 nitrogen and oxygen atoms in total. The van der Waals surface area contributed by atoms with E-state index in [0.29, 0.717) is 22.7 Å². The van der Waals surface area contributed by atoms with Crippen molar-refractivity contribution in [3.63, 3.8) is 0 Å². The number of carbonyl (C=O) groups is 1. The summed E-state index contributed by atoms with van der Waals surface area (Å²) in [5, 5.41) is 8.40. The number of carbonyl (C=O) groups excluding carboxylic acids is 1. The molecule has 0 unspecified atom stereocenters. The zero-order chi connectivity index (χ0) is 22.1. The van der Waals surface area contributed by atoms with Crippen molar-refractivity contribution in [1.82, 2.24) is 19.7 Å². The first-order valence-corrected chi connectivity index (χ1v) is 11.8. The van der Waals surface area contributed by atoms with Gasteiger partial charge in [-0.2, -0.15) is 16.9 Å². The van der Waals surface area contributed by atoms with Gasteiger partial charge in [-0.25, -0.2) is 4.98 Å². The number of thioether (sulfide) groups is 1. The van der Waals surface area contributed by atoms with Gasteiger partial charge in [0.15, 0.2) is 11.4 Å². The number of pyridine rings is 1. The third-order valence-electron chi connectivity index (χ3n) is 5.75. The monoisotopic (exact) mass is 447 g/mol. The number of fused-ring (bicyclic) bond motifs is 1. The lowest BCUT2D eigenvalue weighted by Gasteiger charge is -2.27. The van der Waals surface area contributed by atoms with Crippen molar-refractivity contribution >= 4 is 34.4 Å². The van der Waals surface area contributed by atoms with E-state index in [2.05, 4.69) is 21.4 Å². The molecule has 1 fully saturated rings. The summed E-state index contributed by atoms with van der Waals surface area (Å²) in [5.74, 6) is 2.74. The molecule has 1 N–H and O–H groups in total. The normalized spacial score (nSPS) is 14.7. The Hall–Kier alpha value is -3.10. The molecule has 0 saturated carbocycles. The fourth-order valence-corrected chi connectivity index (χ4v) is 5.12. The predicted octanol–water partition coefficient (Wildman–Crippen LogP) is 4.34. The van der Waals surface area contributed by atoms with Crippen LogP contribution in [0.1, 0.15) is 21.6 Å². The number of para-hydroxylation sites is 1. The maximum absolute atomic E-state index is 13.5. The van der Waals surface area contributed by atoms with Crippen LogP contribution in [0.3, 0.4) is 0 Å². The van der Waals surface area contributed by atoms with Gasteiger partial charge in [0.1, 0.15) is 5.69 Å². The molecule has 164 valence electrons. The van der Waals surface area contributed by atoms with E-state index in [-0.39, 0.29) is 5.91 Å². The molecule has 0 spiro atoms. The van der Waals surface area contributed by atoms with Crippen molar-refractivity contribution in [3.8, 4) is 11.5 Å². The highest BCUT2D eigenvalue weighted by Gasteiger charge is 2.21. The second-order valence-electron chi connectivity index (χ2n) is 7.94. The molecular weight excluding hydrogens is 422 g/mol. The van der Waals surface area contributed by atoms with E-state index in [4.69, 9.17) is 9.40 Å². The van der Waals surface area contributed by atoms with Gasteiger partial charge in [-0.3, -0.25) is 14.4 Å². The van der Waals surface area contributed by atoms with Crippen LogP contribution in [-0.4, -0.2) is 50.2 Å². The van der Waals surface area contributed by atoms with Gasteiger partial charge in [0.2, 0.25) is 0 Å². The average molecular weight is 448 g/mol. The first-order chi connectivity index (χ1) is 15.6. The molecule has 4 heterocycles. The molecule has 0 aliphatic carbocycles. The Kier molecular flexibility index (Phi) is 5.71. The number of hydrogen-bond acceptors (Lipinski definition) is 6. The number of rotatable bonds is 5. The van der Waals surface area contributed by atoms with Crippen LogP contribution in [0.2, 0.25) is 0 Å². The van der Waals surface area contributed by atoms with Crippen molar-refractivity contribution in [1.29, 1.82) is 0 Å². The van der Waals surface area contributed by atoms with Gasteiger partial charge in [-0.15, -0.1) is 0 Å². The fourth-order valence-electron chi connectivity index (χ4n) is 4.14. The largest absolute Gasteiger partial charge is 0.463 e. The zero-order valence-electron chi connectivity index (χ0n) is 18.2.